The zero-order valence-corrected chi connectivity index (χ0v) is 28.3. The molecule has 0 saturated carbocycles. The van der Waals surface area contributed by atoms with Gasteiger partial charge in [0, 0.05) is 33.4 Å². The number of rotatable bonds is 6. The van der Waals surface area contributed by atoms with Crippen LogP contribution in [0.3, 0.4) is 0 Å². The van der Waals surface area contributed by atoms with Gasteiger partial charge >= 0.3 is 0 Å². The summed E-state index contributed by atoms with van der Waals surface area (Å²) in [6.45, 7) is 14.1. The van der Waals surface area contributed by atoms with Gasteiger partial charge in [-0.2, -0.15) is 15.0 Å². The number of halogens is 1. The molecule has 9 nitrogen and oxygen atoms in total. The fraction of sp³-hybridized carbons (Fsp3) is 0.189. The molecule has 7 aromatic rings. The minimum atomic E-state index is 0. The van der Waals surface area contributed by atoms with Crippen molar-refractivity contribution in [2.45, 2.75) is 48.5 Å². The molecular weight excluding hydrogens is 612 g/mol. The first kappa shape index (κ1) is 34.5. The van der Waals surface area contributed by atoms with E-state index in [2.05, 4.69) is 30.4 Å². The second kappa shape index (κ2) is 15.7. The van der Waals surface area contributed by atoms with Crippen LogP contribution in [0.2, 0.25) is 0 Å². The molecule has 0 fully saturated rings. The van der Waals surface area contributed by atoms with Crippen molar-refractivity contribution in [3.8, 4) is 68.5 Å². The third-order valence-electron chi connectivity index (χ3n) is 6.78. The van der Waals surface area contributed by atoms with E-state index in [1.54, 1.807) is 0 Å². The molecule has 0 saturated heterocycles. The van der Waals surface area contributed by atoms with Gasteiger partial charge in [-0.15, -0.1) is 12.4 Å². The van der Waals surface area contributed by atoms with Gasteiger partial charge in [0.1, 0.15) is 0 Å². The van der Waals surface area contributed by atoms with Gasteiger partial charge in [0.05, 0.1) is 0 Å². The van der Waals surface area contributed by atoms with Crippen LogP contribution in [-0.4, -0.2) is 30.4 Å². The van der Waals surface area contributed by atoms with E-state index in [4.69, 9.17) is 13.6 Å². The predicted molar refractivity (Wildman–Crippen MR) is 187 cm³/mol. The number of aryl methyl sites for hydroxylation is 3. The molecule has 3 aromatic heterocycles. The van der Waals surface area contributed by atoms with Crippen LogP contribution in [0.15, 0.2) is 105 Å². The Balaban J connectivity index is 0.000000964. The summed E-state index contributed by atoms with van der Waals surface area (Å²) in [4.78, 5) is 14.0. The van der Waals surface area contributed by atoms with E-state index in [0.717, 1.165) is 33.4 Å². The second-order valence-corrected chi connectivity index (χ2v) is 10.2. The summed E-state index contributed by atoms with van der Waals surface area (Å²) in [7, 11) is 0. The maximum atomic E-state index is 5.71. The van der Waals surface area contributed by atoms with Crippen molar-refractivity contribution in [1.29, 1.82) is 0 Å². The highest BCUT2D eigenvalue weighted by molar-refractivity contribution is 5.85. The third-order valence-corrected chi connectivity index (χ3v) is 6.78. The Labute approximate surface area is 280 Å². The lowest BCUT2D eigenvalue weighted by molar-refractivity contribution is 0.429. The number of benzene rings is 4. The van der Waals surface area contributed by atoms with Crippen molar-refractivity contribution >= 4 is 12.4 Å². The maximum absolute atomic E-state index is 5.71. The van der Waals surface area contributed by atoms with Crippen LogP contribution in [0.1, 0.15) is 44.4 Å². The Kier molecular flexibility index (Phi) is 11.5. The number of aromatic nitrogens is 6. The predicted octanol–water partition coefficient (Wildman–Crippen LogP) is 10.2. The van der Waals surface area contributed by atoms with Gasteiger partial charge < -0.3 is 13.6 Å². The smallest absolute Gasteiger partial charge is 0.258 e. The van der Waals surface area contributed by atoms with Crippen molar-refractivity contribution in [2.75, 3.05) is 0 Å². The summed E-state index contributed by atoms with van der Waals surface area (Å²) >= 11 is 0. The summed E-state index contributed by atoms with van der Waals surface area (Å²) in [6.07, 6.45) is 0. The lowest BCUT2D eigenvalue weighted by Gasteiger charge is -2.02. The first-order valence-corrected chi connectivity index (χ1v) is 15.4. The molecule has 0 unspecified atom stereocenters. The molecule has 7 rings (SSSR count). The van der Waals surface area contributed by atoms with E-state index >= 15 is 0 Å². The highest BCUT2D eigenvalue weighted by Gasteiger charge is 2.20. The highest BCUT2D eigenvalue weighted by atomic mass is 35.5. The first-order valence-electron chi connectivity index (χ1n) is 15.4. The fourth-order valence-electron chi connectivity index (χ4n) is 4.72. The van der Waals surface area contributed by atoms with Crippen LogP contribution >= 0.6 is 12.4 Å². The van der Waals surface area contributed by atoms with Crippen molar-refractivity contribution in [3.63, 3.8) is 0 Å². The molecule has 10 heteroatoms. The van der Waals surface area contributed by atoms with Crippen LogP contribution in [0.5, 0.6) is 0 Å². The van der Waals surface area contributed by atoms with Crippen LogP contribution in [0.4, 0.5) is 0 Å². The van der Waals surface area contributed by atoms with Gasteiger partial charge in [-0.25, -0.2) is 0 Å². The Morgan fingerprint density at radius 1 is 0.383 bits per heavy atom. The SMILES string of the molecule is CC.CC.Cc1cccc(-c2noc(-c3cc(-c4nc(-c5cccc(C)c5)no4)cc(-c4nc(-c5cccc(C)c5)no4)c3)n2)c1.Cl. The average Bonchev–Trinajstić information content (AvgIpc) is 3.88. The normalized spacial score (nSPS) is 10.3. The zero-order chi connectivity index (χ0) is 32.6. The Bertz CT molecular complexity index is 1820. The molecule has 0 spiro atoms. The third kappa shape index (κ3) is 7.88. The Hall–Kier alpha value is -5.41. The lowest BCUT2D eigenvalue weighted by Crippen LogP contribution is -1.88. The summed E-state index contributed by atoms with van der Waals surface area (Å²) in [6, 6.07) is 29.4. The molecule has 0 atom stereocenters. The monoisotopic (exact) mass is 648 g/mol. The van der Waals surface area contributed by atoms with E-state index in [1.807, 2.05) is 139 Å². The number of hydrogen-bond acceptors (Lipinski definition) is 9. The zero-order valence-electron chi connectivity index (χ0n) is 27.5. The summed E-state index contributed by atoms with van der Waals surface area (Å²) in [5, 5.41) is 12.7. The van der Waals surface area contributed by atoms with Crippen molar-refractivity contribution < 1.29 is 13.6 Å². The molecule has 0 aliphatic rings. The van der Waals surface area contributed by atoms with Gasteiger partial charge in [-0.05, 0) is 57.2 Å². The largest absolute Gasteiger partial charge is 0.334 e. The molecular formula is C37H37ClN6O3. The van der Waals surface area contributed by atoms with Crippen LogP contribution in [0, 0.1) is 20.8 Å². The minimum absolute atomic E-state index is 0. The van der Waals surface area contributed by atoms with E-state index in [1.165, 1.54) is 0 Å². The van der Waals surface area contributed by atoms with E-state index < -0.39 is 0 Å². The average molecular weight is 649 g/mol. The molecule has 240 valence electrons. The summed E-state index contributed by atoms with van der Waals surface area (Å²) in [5.41, 5.74) is 7.81. The standard InChI is InChI=1S/C33H24N6O3.2C2H6.ClH/c1-19-7-4-10-22(13-19)28-34-31(40-37-28)25-16-26(32-35-29(38-41-32)23-11-5-8-20(2)14-23)18-27(17-25)33-36-30(39-42-33)24-12-6-9-21(3)15-24;2*1-2;/h4-18H,1-3H3;2*1-2H3;1H. The molecule has 0 bridgehead atoms. The van der Waals surface area contributed by atoms with Crippen molar-refractivity contribution in [2.24, 2.45) is 0 Å². The number of nitrogens with zero attached hydrogens (tertiary/aromatic N) is 6. The van der Waals surface area contributed by atoms with E-state index in [-0.39, 0.29) is 12.4 Å². The molecule has 4 aromatic carbocycles. The van der Waals surface area contributed by atoms with Crippen molar-refractivity contribution in [3.05, 3.63) is 108 Å². The minimum Gasteiger partial charge on any atom is -0.334 e. The van der Waals surface area contributed by atoms with E-state index in [9.17, 15) is 0 Å². The number of hydrogen-bond donors (Lipinski definition) is 0. The van der Waals surface area contributed by atoms with E-state index in [0.29, 0.717) is 51.8 Å². The van der Waals surface area contributed by atoms with Gasteiger partial charge in [0.2, 0.25) is 17.5 Å². The van der Waals surface area contributed by atoms with Gasteiger partial charge in [-0.1, -0.05) is 114 Å². The molecule has 47 heavy (non-hydrogen) atoms. The van der Waals surface area contributed by atoms with Gasteiger partial charge in [0.25, 0.3) is 17.7 Å². The quantitative estimate of drug-likeness (QED) is 0.173. The second-order valence-electron chi connectivity index (χ2n) is 10.2. The Morgan fingerprint density at radius 3 is 0.915 bits per heavy atom. The fourth-order valence-corrected chi connectivity index (χ4v) is 4.72. The van der Waals surface area contributed by atoms with Crippen LogP contribution in [0.25, 0.3) is 68.5 Å². The highest BCUT2D eigenvalue weighted by Crippen LogP contribution is 2.34. The lowest BCUT2D eigenvalue weighted by atomic mass is 10.0. The molecule has 0 aliphatic carbocycles. The summed E-state index contributed by atoms with van der Waals surface area (Å²) in [5.74, 6) is 2.43. The topological polar surface area (TPSA) is 117 Å². The van der Waals surface area contributed by atoms with Gasteiger partial charge in [-0.3, -0.25) is 0 Å². The maximum Gasteiger partial charge on any atom is 0.258 e. The molecule has 0 aliphatic heterocycles. The molecule has 0 N–H and O–H groups in total. The van der Waals surface area contributed by atoms with Crippen LogP contribution in [-0.2, 0) is 0 Å². The molecule has 0 radical (unpaired) electrons. The van der Waals surface area contributed by atoms with Crippen molar-refractivity contribution in [1.82, 2.24) is 30.4 Å². The van der Waals surface area contributed by atoms with Gasteiger partial charge in [0.15, 0.2) is 0 Å². The summed E-state index contributed by atoms with van der Waals surface area (Å²) < 4.78 is 17.1. The Morgan fingerprint density at radius 2 is 0.660 bits per heavy atom. The molecule has 0 amide bonds. The molecule has 3 heterocycles. The first-order chi connectivity index (χ1) is 22.5. The van der Waals surface area contributed by atoms with Crippen LogP contribution < -0.4 is 0 Å².